The number of aliphatic imine (C=N–C) groups is 1. The molecule has 13 N–H and O–H groups in total. The fourth-order valence-electron chi connectivity index (χ4n) is 6.65. The molecule has 0 saturated carbocycles. The number of hydrogen-bond acceptors (Lipinski definition) is 12. The summed E-state index contributed by atoms with van der Waals surface area (Å²) in [5.74, 6) is -8.24. The summed E-state index contributed by atoms with van der Waals surface area (Å²) in [4.78, 5) is 139. The van der Waals surface area contributed by atoms with Crippen LogP contribution in [0.3, 0.4) is 0 Å². The third-order valence-corrected chi connectivity index (χ3v) is 11.7. The number of amides is 10. The molecule has 0 radical (unpaired) electrons. The van der Waals surface area contributed by atoms with Gasteiger partial charge in [0, 0.05) is 34.1 Å². The van der Waals surface area contributed by atoms with E-state index >= 15 is 0 Å². The Morgan fingerprint density at radius 2 is 1.09 bits per heavy atom. The number of aliphatic hydroxyl groups is 1. The number of rotatable bonds is 31. The summed E-state index contributed by atoms with van der Waals surface area (Å²) in [6.45, 7) is 17.6. The highest BCUT2D eigenvalue weighted by Gasteiger charge is 2.38. The number of likely N-dealkylation sites (N-methyl/N-ethyl adjacent to an activating group) is 3. The molecule has 69 heavy (non-hydrogen) atoms. The van der Waals surface area contributed by atoms with Crippen LogP contribution in [0.15, 0.2) is 4.99 Å². The van der Waals surface area contributed by atoms with Gasteiger partial charge in [0.1, 0.15) is 42.3 Å². The molecule has 0 saturated heterocycles. The molecule has 10 atom stereocenters. The van der Waals surface area contributed by atoms with E-state index in [1.54, 1.807) is 62.3 Å². The number of carbonyl (C=O) groups is 10. The standard InChI is InChI=1S/C45H83N13O11/c1-14-19-30(39(64)54-35(25(7)15-2)41(66)52-31(20-18-21-49-45(46)47)44(69)58(13)27(9)38(63)48-17-4)51-43(68)37(28(10)59)56-42(67)36(26(8)16-3)55-40(65)34(24(5)6)53-32(61)22-50-33(62)23-57(12)29(11)60/h24-28,30-31,34-37,59H,14-23H2,1-13H3,(H,48,63)(H,50,62)(H,51,68)(H,52,66)(H,53,61)(H,54,64)(H,55,65)(H,56,67)(H4,46,47,49)/t25?,26?,27-,28?,30-,31-,34-,35-,36+,37-/m0/s1. The minimum absolute atomic E-state index is 0.0777. The number of nitrogens with one attached hydrogen (secondary N) is 8. The Labute approximate surface area is 407 Å². The number of hydrogen-bond donors (Lipinski definition) is 11. The van der Waals surface area contributed by atoms with Crippen molar-refractivity contribution in [2.75, 3.05) is 40.3 Å². The van der Waals surface area contributed by atoms with Crippen LogP contribution in [0.4, 0.5) is 0 Å². The van der Waals surface area contributed by atoms with Crippen molar-refractivity contribution in [3.05, 3.63) is 0 Å². The van der Waals surface area contributed by atoms with Crippen LogP contribution in [0.1, 0.15) is 115 Å². The first kappa shape index (κ1) is 62.9. The van der Waals surface area contributed by atoms with Crippen molar-refractivity contribution in [2.45, 2.75) is 163 Å². The molecule has 394 valence electrons. The maximum Gasteiger partial charge on any atom is 0.245 e. The monoisotopic (exact) mass is 982 g/mol. The Bertz CT molecular complexity index is 1780. The lowest BCUT2D eigenvalue weighted by atomic mass is 9.95. The average Bonchev–Trinajstić information content (AvgIpc) is 3.28. The van der Waals surface area contributed by atoms with Crippen molar-refractivity contribution in [1.82, 2.24) is 52.3 Å². The fourth-order valence-corrected chi connectivity index (χ4v) is 6.65. The van der Waals surface area contributed by atoms with Crippen LogP contribution < -0.4 is 54.0 Å². The number of nitrogens with two attached hydrogens (primary N) is 2. The van der Waals surface area contributed by atoms with Gasteiger partial charge in [0.15, 0.2) is 5.96 Å². The number of carbonyl (C=O) groups excluding carboxylic acids is 10. The van der Waals surface area contributed by atoms with Crippen molar-refractivity contribution in [3.63, 3.8) is 0 Å². The van der Waals surface area contributed by atoms with Crippen molar-refractivity contribution in [2.24, 2.45) is 34.2 Å². The molecule has 0 fully saturated rings. The molecular formula is C45H83N13O11. The minimum atomic E-state index is -1.63. The predicted molar refractivity (Wildman–Crippen MR) is 259 cm³/mol. The van der Waals surface area contributed by atoms with Gasteiger partial charge in [-0.1, -0.05) is 67.7 Å². The molecule has 10 amide bonds. The molecule has 0 aliphatic rings. The fraction of sp³-hybridized carbons (Fsp3) is 0.756. The number of aliphatic hydroxyl groups excluding tert-OH is 1. The zero-order chi connectivity index (χ0) is 53.3. The molecule has 0 heterocycles. The summed E-state index contributed by atoms with van der Waals surface area (Å²) in [5.41, 5.74) is 10.9. The van der Waals surface area contributed by atoms with Gasteiger partial charge in [-0.25, -0.2) is 0 Å². The summed E-state index contributed by atoms with van der Waals surface area (Å²) in [6.07, 6.45) is 0.0999. The Balaban J connectivity index is 6.37. The Kier molecular flexibility index (Phi) is 29.1. The van der Waals surface area contributed by atoms with Gasteiger partial charge < -0.3 is 68.9 Å². The molecule has 0 aliphatic heterocycles. The lowest BCUT2D eigenvalue weighted by molar-refractivity contribution is -0.142. The van der Waals surface area contributed by atoms with Crippen molar-refractivity contribution in [1.29, 1.82) is 0 Å². The van der Waals surface area contributed by atoms with E-state index in [-0.39, 0.29) is 44.2 Å². The molecule has 0 aromatic carbocycles. The normalized spacial score (nSPS) is 15.3. The van der Waals surface area contributed by atoms with E-state index < -0.39 is 126 Å². The summed E-state index contributed by atoms with van der Waals surface area (Å²) in [5, 5.41) is 31.6. The molecule has 24 heteroatoms. The van der Waals surface area contributed by atoms with Gasteiger partial charge in [-0.15, -0.1) is 0 Å². The third kappa shape index (κ3) is 22.3. The van der Waals surface area contributed by atoms with Gasteiger partial charge in [-0.3, -0.25) is 52.9 Å². The highest BCUT2D eigenvalue weighted by Crippen LogP contribution is 2.14. The van der Waals surface area contributed by atoms with Gasteiger partial charge in [0.25, 0.3) is 0 Å². The van der Waals surface area contributed by atoms with Gasteiger partial charge in [0.2, 0.25) is 59.1 Å². The Morgan fingerprint density at radius 1 is 0.594 bits per heavy atom. The third-order valence-electron chi connectivity index (χ3n) is 11.7. The first-order valence-electron chi connectivity index (χ1n) is 23.8. The van der Waals surface area contributed by atoms with E-state index in [2.05, 4.69) is 47.5 Å². The SMILES string of the molecule is CCC[C@H](NC(=O)[C@@H](NC(=O)[C@H](NC(=O)[C@@H](NC(=O)CNC(=O)CN(C)C(C)=O)C(C)C)C(C)CC)C(C)O)C(=O)N[C@H](C(=O)N[C@@H](CCCN=C(N)N)C(=O)N(C)[C@@H](C)C(=O)NCC)C(C)CC. The van der Waals surface area contributed by atoms with Gasteiger partial charge >= 0.3 is 0 Å². The molecule has 0 aromatic rings. The number of guanidine groups is 1. The molecule has 0 aromatic heterocycles. The molecule has 0 rings (SSSR count). The quantitative estimate of drug-likeness (QED) is 0.0194. The predicted octanol–water partition coefficient (Wildman–Crippen LogP) is -2.54. The van der Waals surface area contributed by atoms with Crippen molar-refractivity contribution < 1.29 is 53.1 Å². The second kappa shape index (κ2) is 31.9. The first-order valence-corrected chi connectivity index (χ1v) is 23.8. The molecule has 0 bridgehead atoms. The lowest BCUT2D eigenvalue weighted by Crippen LogP contribution is -2.63. The summed E-state index contributed by atoms with van der Waals surface area (Å²) >= 11 is 0. The molecule has 0 spiro atoms. The summed E-state index contributed by atoms with van der Waals surface area (Å²) < 4.78 is 0. The second-order valence-corrected chi connectivity index (χ2v) is 17.8. The zero-order valence-corrected chi connectivity index (χ0v) is 42.9. The largest absolute Gasteiger partial charge is 0.391 e. The number of nitrogens with zero attached hydrogens (tertiary/aromatic N) is 3. The molecular weight excluding hydrogens is 899 g/mol. The van der Waals surface area contributed by atoms with E-state index in [0.29, 0.717) is 25.8 Å². The Hall–Kier alpha value is -6.07. The van der Waals surface area contributed by atoms with Crippen LogP contribution in [-0.4, -0.2) is 169 Å². The highest BCUT2D eigenvalue weighted by molar-refractivity contribution is 5.98. The van der Waals surface area contributed by atoms with Crippen LogP contribution >= 0.6 is 0 Å². The van der Waals surface area contributed by atoms with Gasteiger partial charge in [-0.2, -0.15) is 0 Å². The van der Waals surface area contributed by atoms with Crippen LogP contribution in [0, 0.1) is 17.8 Å². The zero-order valence-electron chi connectivity index (χ0n) is 42.9. The molecule has 3 unspecified atom stereocenters. The Morgan fingerprint density at radius 3 is 1.57 bits per heavy atom. The van der Waals surface area contributed by atoms with Crippen molar-refractivity contribution >= 4 is 65.0 Å². The van der Waals surface area contributed by atoms with Gasteiger partial charge in [0.05, 0.1) is 19.2 Å². The van der Waals surface area contributed by atoms with Crippen LogP contribution in [-0.2, 0) is 47.9 Å². The van der Waals surface area contributed by atoms with Crippen LogP contribution in [0.25, 0.3) is 0 Å². The smallest absolute Gasteiger partial charge is 0.245 e. The van der Waals surface area contributed by atoms with E-state index in [1.807, 2.05) is 0 Å². The first-order chi connectivity index (χ1) is 32.2. The maximum atomic E-state index is 14.1. The van der Waals surface area contributed by atoms with Gasteiger partial charge in [-0.05, 0) is 57.8 Å². The summed E-state index contributed by atoms with van der Waals surface area (Å²) in [6, 6.07) is -8.55. The van der Waals surface area contributed by atoms with E-state index in [0.717, 1.165) is 4.90 Å². The van der Waals surface area contributed by atoms with Crippen molar-refractivity contribution in [3.8, 4) is 0 Å². The average molecular weight is 982 g/mol. The lowest BCUT2D eigenvalue weighted by Gasteiger charge is -2.32. The second-order valence-electron chi connectivity index (χ2n) is 17.8. The maximum absolute atomic E-state index is 14.1. The molecule has 0 aliphatic carbocycles. The van der Waals surface area contributed by atoms with Crippen LogP contribution in [0.5, 0.6) is 0 Å². The topological polar surface area (TPSA) is 358 Å². The van der Waals surface area contributed by atoms with Crippen LogP contribution in [0.2, 0.25) is 0 Å². The summed E-state index contributed by atoms with van der Waals surface area (Å²) in [7, 11) is 2.86. The minimum Gasteiger partial charge on any atom is -0.391 e. The van der Waals surface area contributed by atoms with E-state index in [1.165, 1.54) is 32.8 Å². The highest BCUT2D eigenvalue weighted by atomic mass is 16.3. The van der Waals surface area contributed by atoms with E-state index in [4.69, 9.17) is 11.5 Å². The molecule has 24 nitrogen and oxygen atoms in total. The van der Waals surface area contributed by atoms with E-state index in [9.17, 15) is 53.1 Å².